The van der Waals surface area contributed by atoms with E-state index in [2.05, 4.69) is 20.8 Å². The number of amides is 1. The number of alkyl halides is 3. The number of nitrogens with one attached hydrogen (secondary N) is 2. The molecule has 0 saturated heterocycles. The van der Waals surface area contributed by atoms with Crippen LogP contribution in [0.2, 0.25) is 5.02 Å². The minimum atomic E-state index is -4.47. The lowest BCUT2D eigenvalue weighted by Gasteiger charge is -2.14. The van der Waals surface area contributed by atoms with Crippen molar-refractivity contribution in [2.75, 3.05) is 24.0 Å². The Morgan fingerprint density at radius 1 is 1.15 bits per heavy atom. The molecule has 7 nitrogen and oxygen atoms in total. The number of hydrogen-bond donors (Lipinski definition) is 2. The molecule has 11 heteroatoms. The molecule has 0 aliphatic rings. The maximum atomic E-state index is 12.6. The highest BCUT2D eigenvalue weighted by atomic mass is 35.5. The molecule has 2 N–H and O–H groups in total. The van der Waals surface area contributed by atoms with Crippen LogP contribution in [0.25, 0.3) is 0 Å². The summed E-state index contributed by atoms with van der Waals surface area (Å²) in [5.74, 6) is 0.256. The predicted molar refractivity (Wildman–Crippen MR) is 124 cm³/mol. The molecule has 2 aromatic carbocycles. The van der Waals surface area contributed by atoms with Crippen LogP contribution < -0.4 is 20.2 Å². The number of carbonyl (C=O) groups is 1. The summed E-state index contributed by atoms with van der Waals surface area (Å²) in [6.45, 7) is 1.80. The van der Waals surface area contributed by atoms with E-state index in [-0.39, 0.29) is 29.1 Å². The standard InChI is InChI=1S/C23H20ClF3N4O3/c1-2-33-19-11-15(12-29-31-20-9-8-16(13-28-20)23(25,26)27)10-18(24)22(19)34-14-21(32)30-17-6-4-3-5-7-17/h3-13H,2,14H2,1H3,(H,28,31)(H,30,32)/b29-12-. The zero-order chi connectivity index (χ0) is 24.6. The van der Waals surface area contributed by atoms with Crippen molar-refractivity contribution in [2.24, 2.45) is 5.10 Å². The van der Waals surface area contributed by atoms with Crippen LogP contribution in [0, 0.1) is 0 Å². The van der Waals surface area contributed by atoms with Crippen LogP contribution in [0.15, 0.2) is 65.9 Å². The number of halogens is 4. The third kappa shape index (κ3) is 7.11. The number of hydrogen-bond acceptors (Lipinski definition) is 6. The van der Waals surface area contributed by atoms with E-state index < -0.39 is 11.7 Å². The molecule has 3 rings (SSSR count). The molecule has 0 bridgehead atoms. The van der Waals surface area contributed by atoms with Crippen LogP contribution in [-0.4, -0.2) is 30.3 Å². The van der Waals surface area contributed by atoms with E-state index >= 15 is 0 Å². The molecular weight excluding hydrogens is 473 g/mol. The van der Waals surface area contributed by atoms with E-state index in [9.17, 15) is 18.0 Å². The Labute approximate surface area is 198 Å². The highest BCUT2D eigenvalue weighted by molar-refractivity contribution is 6.32. The van der Waals surface area contributed by atoms with Crippen molar-refractivity contribution in [3.63, 3.8) is 0 Å². The predicted octanol–water partition coefficient (Wildman–Crippen LogP) is 5.62. The Morgan fingerprint density at radius 2 is 1.91 bits per heavy atom. The van der Waals surface area contributed by atoms with Crippen molar-refractivity contribution >= 4 is 35.2 Å². The molecule has 0 saturated carbocycles. The summed E-state index contributed by atoms with van der Waals surface area (Å²) >= 11 is 6.33. The van der Waals surface area contributed by atoms with E-state index in [0.717, 1.165) is 12.1 Å². The lowest BCUT2D eigenvalue weighted by atomic mass is 10.2. The van der Waals surface area contributed by atoms with Gasteiger partial charge < -0.3 is 14.8 Å². The average Bonchev–Trinajstić information content (AvgIpc) is 2.79. The van der Waals surface area contributed by atoms with E-state index in [1.807, 2.05) is 6.07 Å². The van der Waals surface area contributed by atoms with Crippen molar-refractivity contribution in [2.45, 2.75) is 13.1 Å². The normalized spacial score (nSPS) is 11.3. The van der Waals surface area contributed by atoms with Crippen LogP contribution >= 0.6 is 11.6 Å². The number of anilines is 2. The van der Waals surface area contributed by atoms with Gasteiger partial charge in [-0.25, -0.2) is 4.98 Å². The first kappa shape index (κ1) is 24.8. The van der Waals surface area contributed by atoms with Gasteiger partial charge in [-0.15, -0.1) is 0 Å². The van der Waals surface area contributed by atoms with Gasteiger partial charge in [0.05, 0.1) is 23.4 Å². The second-order valence-corrected chi connectivity index (χ2v) is 7.17. The number of hydrazone groups is 1. The van der Waals surface area contributed by atoms with Crippen LogP contribution in [0.4, 0.5) is 24.7 Å². The van der Waals surface area contributed by atoms with E-state index in [1.54, 1.807) is 43.3 Å². The average molecular weight is 493 g/mol. The lowest BCUT2D eigenvalue weighted by molar-refractivity contribution is -0.137. The number of carbonyl (C=O) groups excluding carboxylic acids is 1. The van der Waals surface area contributed by atoms with Crippen LogP contribution in [0.1, 0.15) is 18.1 Å². The topological polar surface area (TPSA) is 84.8 Å². The Kier molecular flexibility index (Phi) is 8.31. The Balaban J connectivity index is 1.66. The highest BCUT2D eigenvalue weighted by Gasteiger charge is 2.30. The molecule has 178 valence electrons. The summed E-state index contributed by atoms with van der Waals surface area (Å²) in [5, 5.41) is 6.85. The summed E-state index contributed by atoms with van der Waals surface area (Å²) < 4.78 is 49.0. The third-order valence-electron chi connectivity index (χ3n) is 4.22. The zero-order valence-corrected chi connectivity index (χ0v) is 18.7. The molecule has 0 unspecified atom stereocenters. The first-order chi connectivity index (χ1) is 16.3. The molecule has 1 aromatic heterocycles. The number of ether oxygens (including phenoxy) is 2. The molecule has 0 spiro atoms. The Morgan fingerprint density at radius 3 is 2.56 bits per heavy atom. The van der Waals surface area contributed by atoms with Crippen LogP contribution in [0.3, 0.4) is 0 Å². The van der Waals surface area contributed by atoms with E-state index in [4.69, 9.17) is 21.1 Å². The number of nitrogens with zero attached hydrogens (tertiary/aromatic N) is 2. The van der Waals surface area contributed by atoms with Gasteiger partial charge >= 0.3 is 6.18 Å². The highest BCUT2D eigenvalue weighted by Crippen LogP contribution is 2.36. The number of para-hydroxylation sites is 1. The maximum absolute atomic E-state index is 12.6. The SMILES string of the molecule is CCOc1cc(/C=N\Nc2ccc(C(F)(F)F)cn2)cc(Cl)c1OCC(=O)Nc1ccccc1. The van der Waals surface area contributed by atoms with Gasteiger partial charge in [0.25, 0.3) is 5.91 Å². The van der Waals surface area contributed by atoms with Crippen molar-refractivity contribution in [1.29, 1.82) is 0 Å². The maximum Gasteiger partial charge on any atom is 0.417 e. The molecule has 0 fully saturated rings. The van der Waals surface area contributed by atoms with Gasteiger partial charge in [0.15, 0.2) is 18.1 Å². The molecule has 0 aliphatic carbocycles. The monoisotopic (exact) mass is 492 g/mol. The largest absolute Gasteiger partial charge is 0.490 e. The summed E-state index contributed by atoms with van der Waals surface area (Å²) in [7, 11) is 0. The number of rotatable bonds is 9. The number of aromatic nitrogens is 1. The molecule has 3 aromatic rings. The summed E-state index contributed by atoms with van der Waals surface area (Å²) in [4.78, 5) is 15.8. The van der Waals surface area contributed by atoms with Gasteiger partial charge in [0.1, 0.15) is 5.82 Å². The van der Waals surface area contributed by atoms with Gasteiger partial charge in [-0.3, -0.25) is 10.2 Å². The van der Waals surface area contributed by atoms with Crippen molar-refractivity contribution in [3.05, 3.63) is 76.9 Å². The molecule has 0 radical (unpaired) electrons. The van der Waals surface area contributed by atoms with E-state index in [0.29, 0.717) is 29.8 Å². The molecule has 0 aliphatic heterocycles. The molecule has 1 amide bonds. The molecule has 34 heavy (non-hydrogen) atoms. The van der Waals surface area contributed by atoms with Gasteiger partial charge in [-0.2, -0.15) is 18.3 Å². The van der Waals surface area contributed by atoms with Gasteiger partial charge in [-0.05, 0) is 48.9 Å². The number of benzene rings is 2. The molecule has 1 heterocycles. The Bertz CT molecular complexity index is 1140. The minimum Gasteiger partial charge on any atom is -0.490 e. The van der Waals surface area contributed by atoms with Gasteiger partial charge in [-0.1, -0.05) is 29.8 Å². The van der Waals surface area contributed by atoms with Crippen LogP contribution in [-0.2, 0) is 11.0 Å². The quantitative estimate of drug-likeness (QED) is 0.299. The smallest absolute Gasteiger partial charge is 0.417 e. The fourth-order valence-electron chi connectivity index (χ4n) is 2.72. The van der Waals surface area contributed by atoms with E-state index in [1.165, 1.54) is 6.21 Å². The number of pyridine rings is 1. The zero-order valence-electron chi connectivity index (χ0n) is 17.9. The molecular formula is C23H20ClF3N4O3. The second-order valence-electron chi connectivity index (χ2n) is 6.77. The second kappa shape index (κ2) is 11.4. The first-order valence-corrected chi connectivity index (χ1v) is 10.4. The van der Waals surface area contributed by atoms with Crippen molar-refractivity contribution in [3.8, 4) is 11.5 Å². The summed E-state index contributed by atoms with van der Waals surface area (Å²) in [5.41, 5.74) is 2.84. The lowest BCUT2D eigenvalue weighted by Crippen LogP contribution is -2.20. The van der Waals surface area contributed by atoms with Gasteiger partial charge in [0.2, 0.25) is 0 Å². The van der Waals surface area contributed by atoms with Crippen LogP contribution in [0.5, 0.6) is 11.5 Å². The molecule has 0 atom stereocenters. The van der Waals surface area contributed by atoms with Crippen molar-refractivity contribution < 1.29 is 27.4 Å². The summed E-state index contributed by atoms with van der Waals surface area (Å²) in [6, 6.07) is 14.1. The summed E-state index contributed by atoms with van der Waals surface area (Å²) in [6.07, 6.45) is -2.37. The first-order valence-electron chi connectivity index (χ1n) is 10.0. The van der Waals surface area contributed by atoms with Crippen molar-refractivity contribution in [1.82, 2.24) is 4.98 Å². The van der Waals surface area contributed by atoms with Gasteiger partial charge in [0, 0.05) is 11.9 Å². The fraction of sp³-hybridized carbons (Fsp3) is 0.174. The third-order valence-corrected chi connectivity index (χ3v) is 4.50. The fourth-order valence-corrected chi connectivity index (χ4v) is 3.00. The minimum absolute atomic E-state index is 0.129. The Hall–Kier alpha value is -3.79.